The second-order valence-electron chi connectivity index (χ2n) is 3.72. The van der Waals surface area contributed by atoms with Crippen molar-refractivity contribution in [3.63, 3.8) is 0 Å². The number of nitrogens with two attached hydrogens (primary N) is 1. The molecule has 1 aliphatic rings. The zero-order valence-electron chi connectivity index (χ0n) is 8.66. The molecule has 3 atom stereocenters. The van der Waals surface area contributed by atoms with Gasteiger partial charge in [0, 0.05) is 19.3 Å². The molecule has 0 radical (unpaired) electrons. The van der Waals surface area contributed by atoms with Gasteiger partial charge in [-0.1, -0.05) is 0 Å². The number of rotatable bonds is 4. The van der Waals surface area contributed by atoms with Crippen molar-refractivity contribution in [2.75, 3.05) is 19.8 Å². The zero-order chi connectivity index (χ0) is 9.68. The molecule has 1 fully saturated rings. The van der Waals surface area contributed by atoms with Crippen molar-refractivity contribution in [3.05, 3.63) is 0 Å². The lowest BCUT2D eigenvalue weighted by atomic mass is 9.91. The number of ether oxygens (including phenoxy) is 2. The van der Waals surface area contributed by atoms with Crippen molar-refractivity contribution in [2.24, 2.45) is 11.7 Å². The molecule has 0 aromatic carbocycles. The molecule has 78 valence electrons. The Labute approximate surface area is 80.6 Å². The molecule has 0 aliphatic carbocycles. The van der Waals surface area contributed by atoms with Crippen LogP contribution in [0.25, 0.3) is 0 Å². The Kier molecular flexibility index (Phi) is 4.70. The van der Waals surface area contributed by atoms with Gasteiger partial charge in [-0.3, -0.25) is 0 Å². The van der Waals surface area contributed by atoms with Gasteiger partial charge in [0.15, 0.2) is 0 Å². The van der Waals surface area contributed by atoms with Crippen molar-refractivity contribution in [1.29, 1.82) is 0 Å². The van der Waals surface area contributed by atoms with Gasteiger partial charge in [-0.05, 0) is 32.6 Å². The average Bonchev–Trinajstić information content (AvgIpc) is 2.18. The van der Waals surface area contributed by atoms with Crippen LogP contribution in [0, 0.1) is 5.92 Å². The molecule has 1 aliphatic heterocycles. The first-order valence-corrected chi connectivity index (χ1v) is 5.20. The van der Waals surface area contributed by atoms with E-state index in [9.17, 15) is 0 Å². The van der Waals surface area contributed by atoms with Gasteiger partial charge in [0.25, 0.3) is 0 Å². The summed E-state index contributed by atoms with van der Waals surface area (Å²) in [6.07, 6.45) is 2.46. The van der Waals surface area contributed by atoms with Gasteiger partial charge in [0.05, 0.1) is 12.7 Å². The molecule has 0 aromatic heterocycles. The lowest BCUT2D eigenvalue weighted by Gasteiger charge is -2.31. The van der Waals surface area contributed by atoms with E-state index in [0.29, 0.717) is 5.92 Å². The van der Waals surface area contributed by atoms with Gasteiger partial charge in [-0.15, -0.1) is 0 Å². The predicted molar refractivity (Wildman–Crippen MR) is 52.6 cm³/mol. The summed E-state index contributed by atoms with van der Waals surface area (Å²) in [6, 6.07) is 0.125. The maximum absolute atomic E-state index is 6.07. The molecular formula is C10H21NO2. The van der Waals surface area contributed by atoms with E-state index in [4.69, 9.17) is 15.2 Å². The van der Waals surface area contributed by atoms with Crippen molar-refractivity contribution in [3.8, 4) is 0 Å². The summed E-state index contributed by atoms with van der Waals surface area (Å²) in [5, 5.41) is 0. The van der Waals surface area contributed by atoms with Gasteiger partial charge in [-0.2, -0.15) is 0 Å². The van der Waals surface area contributed by atoms with Crippen LogP contribution in [-0.4, -0.2) is 32.0 Å². The number of hydrogen-bond donors (Lipinski definition) is 1. The summed E-state index contributed by atoms with van der Waals surface area (Å²) < 4.78 is 10.9. The Hall–Kier alpha value is -0.120. The van der Waals surface area contributed by atoms with Crippen molar-refractivity contribution < 1.29 is 9.47 Å². The molecule has 13 heavy (non-hydrogen) atoms. The smallest absolute Gasteiger partial charge is 0.0701 e. The Morgan fingerprint density at radius 2 is 2.38 bits per heavy atom. The van der Waals surface area contributed by atoms with Crippen LogP contribution >= 0.6 is 0 Å². The maximum atomic E-state index is 6.07. The van der Waals surface area contributed by atoms with E-state index < -0.39 is 0 Å². The highest BCUT2D eigenvalue weighted by molar-refractivity contribution is 4.80. The molecule has 1 rings (SSSR count). The summed E-state index contributed by atoms with van der Waals surface area (Å²) in [7, 11) is 0. The fourth-order valence-electron chi connectivity index (χ4n) is 1.83. The molecule has 0 bridgehead atoms. The topological polar surface area (TPSA) is 44.5 Å². The first-order chi connectivity index (χ1) is 6.25. The minimum absolute atomic E-state index is 0.125. The number of hydrogen-bond acceptors (Lipinski definition) is 3. The lowest BCUT2D eigenvalue weighted by Crippen LogP contribution is -2.44. The molecular weight excluding hydrogens is 166 g/mol. The SMILES string of the molecule is CCOC(C)C(N)C1CCCOC1. The first-order valence-electron chi connectivity index (χ1n) is 5.20. The second-order valence-corrected chi connectivity index (χ2v) is 3.72. The molecule has 0 amide bonds. The minimum Gasteiger partial charge on any atom is -0.381 e. The predicted octanol–water partition coefficient (Wildman–Crippen LogP) is 1.17. The fourth-order valence-corrected chi connectivity index (χ4v) is 1.83. The Balaban J connectivity index is 2.31. The maximum Gasteiger partial charge on any atom is 0.0701 e. The third-order valence-corrected chi connectivity index (χ3v) is 2.71. The lowest BCUT2D eigenvalue weighted by molar-refractivity contribution is -0.00490. The van der Waals surface area contributed by atoms with Gasteiger partial charge >= 0.3 is 0 Å². The largest absolute Gasteiger partial charge is 0.381 e. The van der Waals surface area contributed by atoms with Crippen LogP contribution in [0.4, 0.5) is 0 Å². The molecule has 3 nitrogen and oxygen atoms in total. The van der Waals surface area contributed by atoms with Gasteiger partial charge in [-0.25, -0.2) is 0 Å². The summed E-state index contributed by atoms with van der Waals surface area (Å²) >= 11 is 0. The van der Waals surface area contributed by atoms with Crippen LogP contribution < -0.4 is 5.73 Å². The monoisotopic (exact) mass is 187 g/mol. The summed E-state index contributed by atoms with van der Waals surface area (Å²) in [4.78, 5) is 0. The van der Waals surface area contributed by atoms with E-state index in [1.807, 2.05) is 13.8 Å². The molecule has 3 unspecified atom stereocenters. The van der Waals surface area contributed by atoms with Gasteiger partial charge < -0.3 is 15.2 Å². The van der Waals surface area contributed by atoms with Crippen molar-refractivity contribution >= 4 is 0 Å². The van der Waals surface area contributed by atoms with E-state index in [-0.39, 0.29) is 12.1 Å². The molecule has 1 saturated heterocycles. The Morgan fingerprint density at radius 1 is 1.62 bits per heavy atom. The average molecular weight is 187 g/mol. The Morgan fingerprint density at radius 3 is 2.92 bits per heavy atom. The quantitative estimate of drug-likeness (QED) is 0.718. The van der Waals surface area contributed by atoms with Crippen molar-refractivity contribution in [2.45, 2.75) is 38.8 Å². The van der Waals surface area contributed by atoms with Crippen LogP contribution in [0.5, 0.6) is 0 Å². The van der Waals surface area contributed by atoms with E-state index in [1.54, 1.807) is 0 Å². The summed E-state index contributed by atoms with van der Waals surface area (Å²) in [6.45, 7) is 6.48. The molecule has 0 spiro atoms. The molecule has 2 N–H and O–H groups in total. The van der Waals surface area contributed by atoms with Gasteiger partial charge in [0.2, 0.25) is 0 Å². The van der Waals surface area contributed by atoms with Crippen LogP contribution in [0.3, 0.4) is 0 Å². The summed E-state index contributed by atoms with van der Waals surface area (Å²) in [5.74, 6) is 0.482. The van der Waals surface area contributed by atoms with E-state index in [1.165, 1.54) is 6.42 Å². The van der Waals surface area contributed by atoms with Crippen molar-refractivity contribution in [1.82, 2.24) is 0 Å². The fraction of sp³-hybridized carbons (Fsp3) is 1.00. The standard InChI is InChI=1S/C10H21NO2/c1-3-13-8(2)10(11)9-5-4-6-12-7-9/h8-10H,3-7,11H2,1-2H3. The third kappa shape index (κ3) is 3.25. The highest BCUT2D eigenvalue weighted by atomic mass is 16.5. The molecule has 1 heterocycles. The van der Waals surface area contributed by atoms with E-state index in [2.05, 4.69) is 0 Å². The zero-order valence-corrected chi connectivity index (χ0v) is 8.66. The molecule has 0 aromatic rings. The normalized spacial score (nSPS) is 28.4. The highest BCUT2D eigenvalue weighted by Crippen LogP contribution is 2.19. The first kappa shape index (κ1) is 11.0. The van der Waals surface area contributed by atoms with Gasteiger partial charge in [0.1, 0.15) is 0 Å². The molecule has 3 heteroatoms. The van der Waals surface area contributed by atoms with Crippen LogP contribution in [0.1, 0.15) is 26.7 Å². The third-order valence-electron chi connectivity index (χ3n) is 2.71. The highest BCUT2D eigenvalue weighted by Gasteiger charge is 2.25. The van der Waals surface area contributed by atoms with Crippen LogP contribution in [0.2, 0.25) is 0 Å². The Bertz CT molecular complexity index is 135. The van der Waals surface area contributed by atoms with E-state index >= 15 is 0 Å². The second kappa shape index (κ2) is 5.58. The minimum atomic E-state index is 0.125. The van der Waals surface area contributed by atoms with Crippen LogP contribution in [-0.2, 0) is 9.47 Å². The van der Waals surface area contributed by atoms with Crippen LogP contribution in [0.15, 0.2) is 0 Å². The molecule has 0 saturated carbocycles. The van der Waals surface area contributed by atoms with E-state index in [0.717, 1.165) is 26.2 Å². The summed E-state index contributed by atoms with van der Waals surface area (Å²) in [5.41, 5.74) is 6.07.